The molecule has 0 spiro atoms. The van der Waals surface area contributed by atoms with Crippen LogP contribution < -0.4 is 10.6 Å². The van der Waals surface area contributed by atoms with E-state index in [0.29, 0.717) is 0 Å². The van der Waals surface area contributed by atoms with Crippen LogP contribution in [0.1, 0.15) is 25.7 Å². The molecule has 70 valence electrons. The Hall–Kier alpha value is -0.340. The zero-order valence-corrected chi connectivity index (χ0v) is 8.03. The summed E-state index contributed by atoms with van der Waals surface area (Å²) in [7, 11) is 2.02. The number of unbranched alkanes of at least 4 members (excludes halogenated alkanes) is 1. The summed E-state index contributed by atoms with van der Waals surface area (Å²) < 4.78 is 0. The van der Waals surface area contributed by atoms with Crippen molar-refractivity contribution in [2.75, 3.05) is 26.7 Å². The van der Waals surface area contributed by atoms with Gasteiger partial charge in [-0.25, -0.2) is 0 Å². The molecular weight excluding hydrogens is 148 g/mol. The monoisotopic (exact) mass is 168 g/mol. The van der Waals surface area contributed by atoms with Gasteiger partial charge in [-0.15, -0.1) is 0 Å². The number of hydrogen-bond donors (Lipinski definition) is 2. The van der Waals surface area contributed by atoms with E-state index in [9.17, 15) is 0 Å². The van der Waals surface area contributed by atoms with E-state index < -0.39 is 0 Å². The average Bonchev–Trinajstić information content (AvgIpc) is 2.14. The van der Waals surface area contributed by atoms with Gasteiger partial charge in [0, 0.05) is 6.54 Å². The lowest BCUT2D eigenvalue weighted by Gasteiger charge is -2.13. The van der Waals surface area contributed by atoms with Crippen molar-refractivity contribution in [3.05, 3.63) is 11.6 Å². The molecule has 1 heterocycles. The molecule has 2 nitrogen and oxygen atoms in total. The molecular formula is C10H20N2. The van der Waals surface area contributed by atoms with E-state index in [1.54, 1.807) is 5.57 Å². The second-order valence-electron chi connectivity index (χ2n) is 3.39. The molecule has 0 saturated carbocycles. The first-order chi connectivity index (χ1) is 5.93. The minimum atomic E-state index is 1.12. The minimum absolute atomic E-state index is 1.12. The maximum atomic E-state index is 3.39. The molecule has 0 atom stereocenters. The Morgan fingerprint density at radius 2 is 2.42 bits per heavy atom. The van der Waals surface area contributed by atoms with Crippen LogP contribution in [0.25, 0.3) is 0 Å². The average molecular weight is 168 g/mol. The highest BCUT2D eigenvalue weighted by atomic mass is 14.9. The van der Waals surface area contributed by atoms with E-state index in [2.05, 4.69) is 16.7 Å². The van der Waals surface area contributed by atoms with Crippen LogP contribution in [0, 0.1) is 0 Å². The third-order valence-corrected chi connectivity index (χ3v) is 2.28. The summed E-state index contributed by atoms with van der Waals surface area (Å²) in [6, 6.07) is 0. The topological polar surface area (TPSA) is 24.1 Å². The number of nitrogens with one attached hydrogen (secondary N) is 2. The van der Waals surface area contributed by atoms with Crippen LogP contribution in [-0.2, 0) is 0 Å². The van der Waals surface area contributed by atoms with Crippen molar-refractivity contribution in [3.63, 3.8) is 0 Å². The van der Waals surface area contributed by atoms with Crippen molar-refractivity contribution in [1.29, 1.82) is 0 Å². The van der Waals surface area contributed by atoms with Crippen LogP contribution in [0.5, 0.6) is 0 Å². The molecule has 1 rings (SSSR count). The fourth-order valence-electron chi connectivity index (χ4n) is 1.54. The van der Waals surface area contributed by atoms with Crippen molar-refractivity contribution in [3.8, 4) is 0 Å². The molecule has 1 aliphatic rings. The SMILES string of the molecule is CNCCCCC1=CCCNC1. The number of rotatable bonds is 5. The Kier molecular flexibility index (Phi) is 5.04. The fraction of sp³-hybridized carbons (Fsp3) is 0.800. The van der Waals surface area contributed by atoms with Crippen LogP contribution in [0.3, 0.4) is 0 Å². The van der Waals surface area contributed by atoms with Gasteiger partial charge in [-0.3, -0.25) is 0 Å². The van der Waals surface area contributed by atoms with Gasteiger partial charge in [0.15, 0.2) is 0 Å². The van der Waals surface area contributed by atoms with E-state index in [1.807, 2.05) is 7.05 Å². The van der Waals surface area contributed by atoms with Gasteiger partial charge in [0.05, 0.1) is 0 Å². The predicted molar refractivity (Wildman–Crippen MR) is 53.3 cm³/mol. The maximum Gasteiger partial charge on any atom is 0.0164 e. The smallest absolute Gasteiger partial charge is 0.0164 e. The lowest BCUT2D eigenvalue weighted by molar-refractivity contribution is 0.632. The lowest BCUT2D eigenvalue weighted by Crippen LogP contribution is -2.22. The highest BCUT2D eigenvalue weighted by Gasteiger charge is 2.01. The maximum absolute atomic E-state index is 3.39. The molecule has 1 aliphatic heterocycles. The molecule has 0 aliphatic carbocycles. The summed E-state index contributed by atoms with van der Waals surface area (Å²) in [5.74, 6) is 0. The Labute approximate surface area is 75.4 Å². The van der Waals surface area contributed by atoms with Gasteiger partial charge in [-0.05, 0) is 45.8 Å². The van der Waals surface area contributed by atoms with Crippen LogP contribution >= 0.6 is 0 Å². The minimum Gasteiger partial charge on any atom is -0.320 e. The first-order valence-corrected chi connectivity index (χ1v) is 4.96. The van der Waals surface area contributed by atoms with E-state index in [-0.39, 0.29) is 0 Å². The largest absolute Gasteiger partial charge is 0.320 e. The normalized spacial score (nSPS) is 17.6. The van der Waals surface area contributed by atoms with Crippen LogP contribution in [0.4, 0.5) is 0 Å². The first kappa shape index (κ1) is 9.75. The second-order valence-corrected chi connectivity index (χ2v) is 3.39. The third kappa shape index (κ3) is 3.88. The summed E-state index contributed by atoms with van der Waals surface area (Å²) >= 11 is 0. The second kappa shape index (κ2) is 6.21. The van der Waals surface area contributed by atoms with Gasteiger partial charge in [0.25, 0.3) is 0 Å². The van der Waals surface area contributed by atoms with Crippen molar-refractivity contribution < 1.29 is 0 Å². The summed E-state index contributed by atoms with van der Waals surface area (Å²) in [5.41, 5.74) is 1.61. The molecule has 0 fully saturated rings. The van der Waals surface area contributed by atoms with E-state index in [1.165, 1.54) is 32.2 Å². The molecule has 0 amide bonds. The van der Waals surface area contributed by atoms with Gasteiger partial charge >= 0.3 is 0 Å². The molecule has 2 N–H and O–H groups in total. The number of hydrogen-bond acceptors (Lipinski definition) is 2. The van der Waals surface area contributed by atoms with E-state index in [4.69, 9.17) is 0 Å². The Morgan fingerprint density at radius 3 is 3.08 bits per heavy atom. The van der Waals surface area contributed by atoms with Crippen LogP contribution in [-0.4, -0.2) is 26.7 Å². The summed E-state index contributed by atoms with van der Waals surface area (Å²) in [6.45, 7) is 3.44. The van der Waals surface area contributed by atoms with E-state index >= 15 is 0 Å². The standard InChI is InChI=1S/C10H20N2/c1-11-7-3-2-5-10-6-4-8-12-9-10/h6,11-12H,2-5,7-9H2,1H3. The molecule has 0 radical (unpaired) electrons. The predicted octanol–water partition coefficient (Wildman–Crippen LogP) is 1.30. The molecule has 0 aromatic carbocycles. The van der Waals surface area contributed by atoms with Gasteiger partial charge in [0.1, 0.15) is 0 Å². The first-order valence-electron chi connectivity index (χ1n) is 4.96. The van der Waals surface area contributed by atoms with Crippen LogP contribution in [0.2, 0.25) is 0 Å². The molecule has 0 aromatic heterocycles. The molecule has 2 heteroatoms. The zero-order valence-electron chi connectivity index (χ0n) is 8.03. The molecule has 0 unspecified atom stereocenters. The van der Waals surface area contributed by atoms with Crippen LogP contribution in [0.15, 0.2) is 11.6 Å². The molecule has 0 aromatic rings. The van der Waals surface area contributed by atoms with Crippen molar-refractivity contribution in [1.82, 2.24) is 10.6 Å². The quantitative estimate of drug-likeness (QED) is 0.477. The Morgan fingerprint density at radius 1 is 1.50 bits per heavy atom. The van der Waals surface area contributed by atoms with E-state index in [0.717, 1.165) is 13.1 Å². The van der Waals surface area contributed by atoms with Gasteiger partial charge in [-0.2, -0.15) is 0 Å². The van der Waals surface area contributed by atoms with Gasteiger partial charge in [0.2, 0.25) is 0 Å². The lowest BCUT2D eigenvalue weighted by atomic mass is 10.1. The highest BCUT2D eigenvalue weighted by molar-refractivity contribution is 5.07. The fourth-order valence-corrected chi connectivity index (χ4v) is 1.54. The summed E-state index contributed by atoms with van der Waals surface area (Å²) in [5, 5.41) is 6.56. The zero-order chi connectivity index (χ0) is 8.65. The van der Waals surface area contributed by atoms with Crippen molar-refractivity contribution >= 4 is 0 Å². The summed E-state index contributed by atoms with van der Waals surface area (Å²) in [6.07, 6.45) is 7.54. The van der Waals surface area contributed by atoms with Crippen molar-refractivity contribution in [2.45, 2.75) is 25.7 Å². The molecule has 0 saturated heterocycles. The van der Waals surface area contributed by atoms with Crippen molar-refractivity contribution in [2.24, 2.45) is 0 Å². The molecule has 12 heavy (non-hydrogen) atoms. The highest BCUT2D eigenvalue weighted by Crippen LogP contribution is 2.09. The molecule has 0 bridgehead atoms. The Bertz CT molecular complexity index is 141. The third-order valence-electron chi connectivity index (χ3n) is 2.28. The van der Waals surface area contributed by atoms with Gasteiger partial charge < -0.3 is 10.6 Å². The summed E-state index contributed by atoms with van der Waals surface area (Å²) in [4.78, 5) is 0. The Balaban J connectivity index is 2.01. The van der Waals surface area contributed by atoms with Gasteiger partial charge in [-0.1, -0.05) is 11.6 Å².